The number of carboxylic acid groups (broad SMARTS) is 1. The molecule has 0 radical (unpaired) electrons. The summed E-state index contributed by atoms with van der Waals surface area (Å²) in [4.78, 5) is 24.6. The molecule has 176 valence electrons. The van der Waals surface area contributed by atoms with Crippen LogP contribution in [0, 0.1) is 19.8 Å². The van der Waals surface area contributed by atoms with E-state index in [9.17, 15) is 9.59 Å². The maximum absolute atomic E-state index is 12.4. The van der Waals surface area contributed by atoms with Crippen molar-refractivity contribution < 1.29 is 19.4 Å². The number of benzene rings is 1. The van der Waals surface area contributed by atoms with E-state index in [2.05, 4.69) is 51.2 Å². The number of rotatable bonds is 14. The number of amides is 1. The maximum atomic E-state index is 12.4. The Hall–Kier alpha value is -2.34. The molecule has 0 aliphatic rings. The van der Waals surface area contributed by atoms with Crippen molar-refractivity contribution in [3.05, 3.63) is 51.2 Å². The van der Waals surface area contributed by atoms with Gasteiger partial charge in [0, 0.05) is 11.4 Å². The molecule has 0 saturated carbocycles. The van der Waals surface area contributed by atoms with Gasteiger partial charge < -0.3 is 15.2 Å². The van der Waals surface area contributed by atoms with Crippen LogP contribution in [0.15, 0.2) is 30.3 Å². The molecule has 6 heteroatoms. The van der Waals surface area contributed by atoms with Crippen molar-refractivity contribution in [3.8, 4) is 5.75 Å². The van der Waals surface area contributed by atoms with E-state index in [1.165, 1.54) is 37.0 Å². The summed E-state index contributed by atoms with van der Waals surface area (Å²) in [6, 6.07) is 9.99. The van der Waals surface area contributed by atoms with E-state index in [1.54, 1.807) is 6.07 Å². The highest BCUT2D eigenvalue weighted by Gasteiger charge is 2.19. The molecule has 0 spiro atoms. The zero-order valence-electron chi connectivity index (χ0n) is 19.8. The van der Waals surface area contributed by atoms with Gasteiger partial charge in [0.1, 0.15) is 11.9 Å². The van der Waals surface area contributed by atoms with Crippen molar-refractivity contribution in [2.45, 2.75) is 78.7 Å². The van der Waals surface area contributed by atoms with Gasteiger partial charge >= 0.3 is 5.97 Å². The zero-order chi connectivity index (χ0) is 23.5. The van der Waals surface area contributed by atoms with E-state index in [0.29, 0.717) is 4.88 Å². The number of carbonyl (C=O) groups excluding carboxylic acids is 1. The molecule has 1 aromatic carbocycles. The minimum Gasteiger partial charge on any atom is -0.485 e. The summed E-state index contributed by atoms with van der Waals surface area (Å²) in [5.74, 6) is 0.448. The predicted octanol–water partition coefficient (Wildman–Crippen LogP) is 6.69. The molecule has 2 N–H and O–H groups in total. The maximum Gasteiger partial charge on any atom is 0.305 e. The first-order chi connectivity index (χ1) is 15.2. The van der Waals surface area contributed by atoms with Gasteiger partial charge in [-0.3, -0.25) is 9.59 Å². The second-order valence-electron chi connectivity index (χ2n) is 8.92. The summed E-state index contributed by atoms with van der Waals surface area (Å²) in [5, 5.41) is 11.4. The standard InChI is InChI=1S/C26H37NO4S/c1-18(2)9-7-5-6-8-10-22(31-21-16-19(3)15-20(4)17-21)23-11-12-24(32-23)26(30)27-14-13-25(28)29/h11-12,15-18,22H,5-10,13-14H2,1-4H3,(H,27,30)(H,28,29). The van der Waals surface area contributed by atoms with Crippen molar-refractivity contribution in [2.24, 2.45) is 5.92 Å². The largest absolute Gasteiger partial charge is 0.485 e. The summed E-state index contributed by atoms with van der Waals surface area (Å²) >= 11 is 1.42. The van der Waals surface area contributed by atoms with Crippen LogP contribution in [0.4, 0.5) is 0 Å². The van der Waals surface area contributed by atoms with E-state index < -0.39 is 5.97 Å². The quantitative estimate of drug-likeness (QED) is 0.309. The molecule has 5 nitrogen and oxygen atoms in total. The highest BCUT2D eigenvalue weighted by molar-refractivity contribution is 7.14. The molecule has 0 bridgehead atoms. The molecule has 32 heavy (non-hydrogen) atoms. The number of hydrogen-bond donors (Lipinski definition) is 2. The van der Waals surface area contributed by atoms with Crippen LogP contribution in [0.5, 0.6) is 5.75 Å². The van der Waals surface area contributed by atoms with Crippen LogP contribution in [-0.4, -0.2) is 23.5 Å². The fourth-order valence-electron chi connectivity index (χ4n) is 3.68. The van der Waals surface area contributed by atoms with Gasteiger partial charge in [-0.15, -0.1) is 11.3 Å². The zero-order valence-corrected chi connectivity index (χ0v) is 20.6. The number of unbranched alkanes of at least 4 members (excludes halogenated alkanes) is 3. The number of thiophene rings is 1. The highest BCUT2D eigenvalue weighted by Crippen LogP contribution is 2.32. The molecule has 1 heterocycles. The average Bonchev–Trinajstić information content (AvgIpc) is 3.18. The number of aliphatic carboxylic acids is 1. The van der Waals surface area contributed by atoms with Gasteiger partial charge in [-0.05, 0) is 68.0 Å². The number of aryl methyl sites for hydroxylation is 2. The number of ether oxygens (including phenoxy) is 1. The summed E-state index contributed by atoms with van der Waals surface area (Å²) in [6.07, 6.45) is 6.73. The number of carbonyl (C=O) groups is 2. The summed E-state index contributed by atoms with van der Waals surface area (Å²) in [7, 11) is 0. The Kier molecular flexibility index (Phi) is 10.7. The smallest absolute Gasteiger partial charge is 0.305 e. The third-order valence-corrected chi connectivity index (χ3v) is 6.44. The first-order valence-corrected chi connectivity index (χ1v) is 12.4. The van der Waals surface area contributed by atoms with E-state index in [1.807, 2.05) is 6.07 Å². The lowest BCUT2D eigenvalue weighted by Crippen LogP contribution is -2.25. The van der Waals surface area contributed by atoms with Gasteiger partial charge in [-0.25, -0.2) is 0 Å². The first-order valence-electron chi connectivity index (χ1n) is 11.6. The second-order valence-corrected chi connectivity index (χ2v) is 10.0. The van der Waals surface area contributed by atoms with E-state index >= 15 is 0 Å². The number of carboxylic acids is 1. The van der Waals surface area contributed by atoms with Crippen LogP contribution in [0.25, 0.3) is 0 Å². The molecular weight excluding hydrogens is 422 g/mol. The summed E-state index contributed by atoms with van der Waals surface area (Å²) in [5.41, 5.74) is 2.33. The van der Waals surface area contributed by atoms with Crippen LogP contribution < -0.4 is 10.1 Å². The Labute approximate surface area is 196 Å². The first kappa shape index (κ1) is 25.9. The molecule has 0 saturated heterocycles. The number of hydrogen-bond acceptors (Lipinski definition) is 4. The normalized spacial score (nSPS) is 12.0. The SMILES string of the molecule is Cc1cc(C)cc(OC(CCCCCCC(C)C)c2ccc(C(=O)NCCC(=O)O)s2)c1. The topological polar surface area (TPSA) is 75.6 Å². The molecule has 1 amide bonds. The van der Waals surface area contributed by atoms with E-state index in [4.69, 9.17) is 9.84 Å². The van der Waals surface area contributed by atoms with Crippen molar-refractivity contribution in [3.63, 3.8) is 0 Å². The third-order valence-electron chi connectivity index (χ3n) is 5.26. The van der Waals surface area contributed by atoms with Gasteiger partial charge in [-0.2, -0.15) is 0 Å². The summed E-state index contributed by atoms with van der Waals surface area (Å²) in [6.45, 7) is 8.78. The molecule has 1 aromatic heterocycles. The third kappa shape index (κ3) is 9.43. The van der Waals surface area contributed by atoms with Crippen molar-refractivity contribution in [2.75, 3.05) is 6.54 Å². The van der Waals surface area contributed by atoms with Gasteiger partial charge in [0.15, 0.2) is 0 Å². The molecule has 0 aliphatic carbocycles. The highest BCUT2D eigenvalue weighted by atomic mass is 32.1. The van der Waals surface area contributed by atoms with Crippen LogP contribution in [0.3, 0.4) is 0 Å². The van der Waals surface area contributed by atoms with E-state index in [0.717, 1.165) is 40.5 Å². The lowest BCUT2D eigenvalue weighted by molar-refractivity contribution is -0.136. The molecular formula is C26H37NO4S. The van der Waals surface area contributed by atoms with Gasteiger partial charge in [0.25, 0.3) is 5.91 Å². The molecule has 1 atom stereocenters. The van der Waals surface area contributed by atoms with Crippen molar-refractivity contribution in [1.29, 1.82) is 0 Å². The molecule has 0 fully saturated rings. The number of nitrogens with one attached hydrogen (secondary N) is 1. The minimum absolute atomic E-state index is 0.0841. The Morgan fingerprint density at radius 1 is 1.00 bits per heavy atom. The Bertz CT molecular complexity index is 854. The Morgan fingerprint density at radius 3 is 2.28 bits per heavy atom. The van der Waals surface area contributed by atoms with Gasteiger partial charge in [0.2, 0.25) is 0 Å². The van der Waals surface area contributed by atoms with Crippen LogP contribution in [0.1, 0.15) is 90.6 Å². The lowest BCUT2D eigenvalue weighted by Gasteiger charge is -2.19. The van der Waals surface area contributed by atoms with Gasteiger partial charge in [-0.1, -0.05) is 45.6 Å². The van der Waals surface area contributed by atoms with Gasteiger partial charge in [0.05, 0.1) is 11.3 Å². The van der Waals surface area contributed by atoms with Crippen LogP contribution in [-0.2, 0) is 4.79 Å². The van der Waals surface area contributed by atoms with Crippen LogP contribution in [0.2, 0.25) is 0 Å². The van der Waals surface area contributed by atoms with Crippen molar-refractivity contribution in [1.82, 2.24) is 5.32 Å². The Morgan fingerprint density at radius 2 is 1.66 bits per heavy atom. The fourth-order valence-corrected chi connectivity index (χ4v) is 4.67. The van der Waals surface area contributed by atoms with Crippen molar-refractivity contribution >= 4 is 23.2 Å². The fraction of sp³-hybridized carbons (Fsp3) is 0.538. The van der Waals surface area contributed by atoms with Crippen LogP contribution >= 0.6 is 11.3 Å². The molecule has 0 aliphatic heterocycles. The molecule has 1 unspecified atom stereocenters. The average molecular weight is 460 g/mol. The predicted molar refractivity (Wildman–Crippen MR) is 131 cm³/mol. The van der Waals surface area contributed by atoms with E-state index in [-0.39, 0.29) is 25.0 Å². The minimum atomic E-state index is -0.924. The Balaban J connectivity index is 2.04. The molecule has 2 aromatic rings. The molecule has 2 rings (SSSR count). The monoisotopic (exact) mass is 459 g/mol. The second kappa shape index (κ2) is 13.3. The summed E-state index contributed by atoms with van der Waals surface area (Å²) < 4.78 is 6.41. The lowest BCUT2D eigenvalue weighted by atomic mass is 10.0.